The van der Waals surface area contributed by atoms with Gasteiger partial charge in [0.1, 0.15) is 17.3 Å². The third-order valence-electron chi connectivity index (χ3n) is 8.08. The van der Waals surface area contributed by atoms with Gasteiger partial charge in [-0.3, -0.25) is 4.98 Å². The Hall–Kier alpha value is -4.84. The van der Waals surface area contributed by atoms with Crippen molar-refractivity contribution in [1.82, 2.24) is 24.5 Å². The van der Waals surface area contributed by atoms with Crippen LogP contribution in [0.5, 0.6) is 0 Å². The zero-order chi connectivity index (χ0) is 31.0. The Morgan fingerprint density at radius 2 is 1.75 bits per heavy atom. The second kappa shape index (κ2) is 11.7. The molecule has 2 atom stereocenters. The summed E-state index contributed by atoms with van der Waals surface area (Å²) in [7, 11) is 0. The normalized spacial score (nSPS) is 15.1. The number of alkyl halides is 3. The highest BCUT2D eigenvalue weighted by atomic mass is 19.4. The van der Waals surface area contributed by atoms with Crippen molar-refractivity contribution in [3.05, 3.63) is 101 Å². The number of hydrogen-bond donors (Lipinski definition) is 3. The molecule has 0 aliphatic heterocycles. The maximum atomic E-state index is 13.3. The number of rotatable bonds is 9. The number of aliphatic hydroxyl groups is 1. The van der Waals surface area contributed by atoms with Gasteiger partial charge in [0.05, 0.1) is 5.56 Å². The lowest BCUT2D eigenvalue weighted by Gasteiger charge is -2.32. The fourth-order valence-electron chi connectivity index (χ4n) is 5.40. The monoisotopic (exact) mass is 602 g/mol. The van der Waals surface area contributed by atoms with Crippen molar-refractivity contribution in [2.75, 3.05) is 5.32 Å². The van der Waals surface area contributed by atoms with E-state index in [0.717, 1.165) is 31.4 Å². The van der Waals surface area contributed by atoms with E-state index in [9.17, 15) is 28.2 Å². The summed E-state index contributed by atoms with van der Waals surface area (Å²) in [6, 6.07) is 17.2. The second-order valence-electron chi connectivity index (χ2n) is 11.0. The molecule has 0 bridgehead atoms. The van der Waals surface area contributed by atoms with Crippen LogP contribution in [-0.2, 0) is 12.7 Å². The number of halogens is 3. The molecule has 0 radical (unpaired) electrons. The number of pyridine rings is 1. The van der Waals surface area contributed by atoms with Crippen LogP contribution < -0.4 is 5.32 Å². The molecular formula is C32H29F3N6O3. The first kappa shape index (κ1) is 29.2. The first-order chi connectivity index (χ1) is 21.1. The SMILES string of the molecule is C[C@@H](Nc1nc(C(=O)O)nc2nc(-c3cc(C(O)c4ccccc4)ccn3)n(Cc3ccc(C(F)(F)F)cc3)c12)C1CCC1. The Morgan fingerprint density at radius 1 is 1.02 bits per heavy atom. The van der Waals surface area contributed by atoms with Crippen molar-refractivity contribution in [3.8, 4) is 11.5 Å². The molecule has 0 amide bonds. The molecule has 5 aromatic rings. The molecule has 0 spiro atoms. The predicted molar refractivity (Wildman–Crippen MR) is 157 cm³/mol. The fraction of sp³-hybridized carbons (Fsp3) is 0.281. The van der Waals surface area contributed by atoms with E-state index >= 15 is 0 Å². The van der Waals surface area contributed by atoms with Gasteiger partial charge >= 0.3 is 12.1 Å². The van der Waals surface area contributed by atoms with Crippen LogP contribution in [0.15, 0.2) is 72.9 Å². The number of anilines is 1. The summed E-state index contributed by atoms with van der Waals surface area (Å²) in [5, 5.41) is 24.2. The van der Waals surface area contributed by atoms with E-state index in [4.69, 9.17) is 0 Å². The van der Waals surface area contributed by atoms with Crippen molar-refractivity contribution >= 4 is 23.0 Å². The number of nitrogens with one attached hydrogen (secondary N) is 1. The highest BCUT2D eigenvalue weighted by Crippen LogP contribution is 2.35. The molecule has 3 heterocycles. The lowest BCUT2D eigenvalue weighted by Crippen LogP contribution is -2.31. The van der Waals surface area contributed by atoms with Gasteiger partial charge in [-0.25, -0.2) is 19.7 Å². The molecule has 1 saturated carbocycles. The summed E-state index contributed by atoms with van der Waals surface area (Å²) in [5.74, 6) is -0.822. The summed E-state index contributed by atoms with van der Waals surface area (Å²) >= 11 is 0. The number of benzene rings is 2. The van der Waals surface area contributed by atoms with Crippen molar-refractivity contribution in [1.29, 1.82) is 0 Å². The number of carboxylic acids is 1. The number of carboxylic acid groups (broad SMARTS) is 1. The molecule has 2 aromatic carbocycles. The molecule has 1 fully saturated rings. The van der Waals surface area contributed by atoms with Gasteiger partial charge in [-0.1, -0.05) is 48.9 Å². The van der Waals surface area contributed by atoms with Gasteiger partial charge in [-0.15, -0.1) is 0 Å². The summed E-state index contributed by atoms with van der Waals surface area (Å²) in [5.41, 5.74) is 1.84. The molecule has 1 unspecified atom stereocenters. The Labute approximate surface area is 250 Å². The molecule has 6 rings (SSSR count). The van der Waals surface area contributed by atoms with E-state index in [-0.39, 0.29) is 29.9 Å². The summed E-state index contributed by atoms with van der Waals surface area (Å²) in [6.45, 7) is 2.07. The van der Waals surface area contributed by atoms with Crippen LogP contribution in [0.2, 0.25) is 0 Å². The maximum Gasteiger partial charge on any atom is 0.416 e. The second-order valence-corrected chi connectivity index (χ2v) is 11.0. The number of aromatic carboxylic acids is 1. The zero-order valence-electron chi connectivity index (χ0n) is 23.7. The Morgan fingerprint density at radius 3 is 2.39 bits per heavy atom. The predicted octanol–water partition coefficient (Wildman–Crippen LogP) is 6.34. The van der Waals surface area contributed by atoms with Gasteiger partial charge in [-0.2, -0.15) is 13.2 Å². The van der Waals surface area contributed by atoms with Crippen molar-refractivity contribution in [2.45, 2.75) is 51.1 Å². The minimum absolute atomic E-state index is 0.0242. The van der Waals surface area contributed by atoms with Gasteiger partial charge in [0.2, 0.25) is 5.82 Å². The van der Waals surface area contributed by atoms with Gasteiger partial charge in [0, 0.05) is 18.8 Å². The Balaban J connectivity index is 1.51. The summed E-state index contributed by atoms with van der Waals surface area (Å²) in [6.07, 6.45) is -0.723. The molecule has 226 valence electrons. The van der Waals surface area contributed by atoms with Crippen LogP contribution >= 0.6 is 0 Å². The largest absolute Gasteiger partial charge is 0.475 e. The molecular weight excluding hydrogens is 573 g/mol. The first-order valence-electron chi connectivity index (χ1n) is 14.2. The van der Waals surface area contributed by atoms with Gasteiger partial charge in [-0.05, 0) is 66.6 Å². The highest BCUT2D eigenvalue weighted by Gasteiger charge is 2.31. The van der Waals surface area contributed by atoms with Crippen LogP contribution in [0, 0.1) is 5.92 Å². The maximum absolute atomic E-state index is 13.3. The average Bonchev–Trinajstić information content (AvgIpc) is 3.34. The van der Waals surface area contributed by atoms with Gasteiger partial charge in [0.25, 0.3) is 0 Å². The Kier molecular flexibility index (Phi) is 7.76. The van der Waals surface area contributed by atoms with E-state index in [1.165, 1.54) is 18.3 Å². The van der Waals surface area contributed by atoms with E-state index in [1.54, 1.807) is 28.8 Å². The number of aliphatic hydroxyl groups excluding tert-OH is 1. The summed E-state index contributed by atoms with van der Waals surface area (Å²) < 4.78 is 41.6. The quantitative estimate of drug-likeness (QED) is 0.179. The standard InChI is InChI=1S/C32H29F3N6O3/c1-18(20-8-5-9-20)37-27-25-28(39-29(38-27)31(43)44)40-30(41(25)17-19-10-12-23(13-11-19)32(33,34)35)24-16-22(14-15-36-24)26(42)21-6-3-2-4-7-21/h2-4,6-7,10-16,18,20,26,42H,5,8-9,17H2,1H3,(H,43,44)(H,37,38,39)/t18-,26?/m1/s1. The number of imidazole rings is 1. The van der Waals surface area contributed by atoms with Gasteiger partial charge < -0.3 is 20.1 Å². The van der Waals surface area contributed by atoms with Crippen molar-refractivity contribution in [2.24, 2.45) is 5.92 Å². The molecule has 9 nitrogen and oxygen atoms in total. The van der Waals surface area contributed by atoms with E-state index < -0.39 is 29.6 Å². The van der Waals surface area contributed by atoms with Gasteiger partial charge in [0.15, 0.2) is 17.3 Å². The molecule has 1 aliphatic carbocycles. The highest BCUT2D eigenvalue weighted by molar-refractivity contribution is 5.92. The average molecular weight is 603 g/mol. The molecule has 3 N–H and O–H groups in total. The van der Waals surface area contributed by atoms with Crippen molar-refractivity contribution in [3.63, 3.8) is 0 Å². The molecule has 0 saturated heterocycles. The number of carbonyl (C=O) groups is 1. The van der Waals surface area contributed by atoms with Crippen LogP contribution in [0.4, 0.5) is 19.0 Å². The van der Waals surface area contributed by atoms with Crippen LogP contribution in [-0.4, -0.2) is 46.7 Å². The molecule has 3 aromatic heterocycles. The zero-order valence-corrected chi connectivity index (χ0v) is 23.7. The number of aromatic nitrogens is 5. The number of hydrogen-bond acceptors (Lipinski definition) is 7. The third kappa shape index (κ3) is 5.85. The fourth-order valence-corrected chi connectivity index (χ4v) is 5.40. The van der Waals surface area contributed by atoms with Crippen LogP contribution in [0.1, 0.15) is 65.2 Å². The van der Waals surface area contributed by atoms with Crippen LogP contribution in [0.3, 0.4) is 0 Å². The molecule has 12 heteroatoms. The van der Waals surface area contributed by atoms with E-state index in [0.29, 0.717) is 33.8 Å². The van der Waals surface area contributed by atoms with E-state index in [2.05, 4.69) is 25.3 Å². The minimum Gasteiger partial charge on any atom is -0.475 e. The lowest BCUT2D eigenvalue weighted by molar-refractivity contribution is -0.137. The van der Waals surface area contributed by atoms with Crippen molar-refractivity contribution < 1.29 is 28.2 Å². The smallest absolute Gasteiger partial charge is 0.416 e. The first-order valence-corrected chi connectivity index (χ1v) is 14.2. The minimum atomic E-state index is -4.48. The Bertz CT molecular complexity index is 1800. The van der Waals surface area contributed by atoms with E-state index in [1.807, 2.05) is 25.1 Å². The summed E-state index contributed by atoms with van der Waals surface area (Å²) in [4.78, 5) is 29.7. The van der Waals surface area contributed by atoms with Crippen LogP contribution in [0.25, 0.3) is 22.7 Å². The molecule has 1 aliphatic rings. The molecule has 44 heavy (non-hydrogen) atoms. The lowest BCUT2D eigenvalue weighted by atomic mass is 9.80. The number of fused-ring (bicyclic) bond motifs is 1. The third-order valence-corrected chi connectivity index (χ3v) is 8.08. The number of nitrogens with zero attached hydrogens (tertiary/aromatic N) is 5. The topological polar surface area (TPSA) is 126 Å².